The lowest BCUT2D eigenvalue weighted by Gasteiger charge is -2.23. The first-order chi connectivity index (χ1) is 21.7. The molecule has 0 fully saturated rings. The van der Waals surface area contributed by atoms with Crippen molar-refractivity contribution in [2.75, 3.05) is 12.9 Å². The van der Waals surface area contributed by atoms with Crippen molar-refractivity contribution in [3.63, 3.8) is 0 Å². The van der Waals surface area contributed by atoms with Crippen LogP contribution in [0.25, 0.3) is 0 Å². The highest BCUT2D eigenvalue weighted by atomic mass is 32.2. The van der Waals surface area contributed by atoms with Crippen LogP contribution in [0.2, 0.25) is 0 Å². The van der Waals surface area contributed by atoms with Crippen LogP contribution in [-0.2, 0) is 50.3 Å². The number of rotatable bonds is 15. The van der Waals surface area contributed by atoms with E-state index in [1.165, 1.54) is 0 Å². The van der Waals surface area contributed by atoms with Crippen molar-refractivity contribution >= 4 is 27.9 Å². The number of nitrogens with one attached hydrogen (secondary N) is 4. The molecule has 0 bridgehead atoms. The summed E-state index contributed by atoms with van der Waals surface area (Å²) >= 11 is 0. The number of carbonyl (C=O) groups excluding carboxylic acids is 3. The van der Waals surface area contributed by atoms with Gasteiger partial charge < -0.3 is 25.4 Å². The minimum Gasteiger partial charge on any atom is -0.494 e. The van der Waals surface area contributed by atoms with Crippen LogP contribution < -0.4 is 25.4 Å². The molecule has 0 aliphatic carbocycles. The number of carbonyl (C=O) groups is 3. The molecule has 12 heteroatoms. The Morgan fingerprint density at radius 3 is 1.78 bits per heavy atom. The van der Waals surface area contributed by atoms with Gasteiger partial charge in [0, 0.05) is 19.5 Å². The molecule has 0 saturated carbocycles. The maximum Gasteiger partial charge on any atom is 0.407 e. The van der Waals surface area contributed by atoms with Gasteiger partial charge in [-0.1, -0.05) is 66.7 Å². The molecule has 46 heavy (non-hydrogen) atoms. The third-order valence-electron chi connectivity index (χ3n) is 6.59. The molecule has 0 heterocycles. The minimum atomic E-state index is -3.75. The summed E-state index contributed by atoms with van der Waals surface area (Å²) in [6.07, 6.45) is 0.741. The second-order valence-corrected chi connectivity index (χ2v) is 13.6. The Labute approximate surface area is 271 Å². The van der Waals surface area contributed by atoms with Crippen LogP contribution >= 0.6 is 0 Å². The van der Waals surface area contributed by atoms with Crippen molar-refractivity contribution in [1.82, 2.24) is 20.7 Å². The van der Waals surface area contributed by atoms with E-state index in [0.717, 1.165) is 22.9 Å². The Kier molecular flexibility index (Phi) is 13.1. The van der Waals surface area contributed by atoms with Crippen LogP contribution in [0.5, 0.6) is 5.75 Å². The summed E-state index contributed by atoms with van der Waals surface area (Å²) in [5.74, 6) is -0.390. The fraction of sp³-hybridized carbons (Fsp3) is 0.382. The highest BCUT2D eigenvalue weighted by molar-refractivity contribution is 7.88. The number of alkyl carbamates (subject to hydrolysis) is 1. The van der Waals surface area contributed by atoms with Gasteiger partial charge in [-0.25, -0.2) is 17.9 Å². The predicted octanol–water partition coefficient (Wildman–Crippen LogP) is 3.61. The van der Waals surface area contributed by atoms with Crippen LogP contribution in [0.4, 0.5) is 4.79 Å². The van der Waals surface area contributed by atoms with Gasteiger partial charge in [-0.15, -0.1) is 0 Å². The number of amides is 3. The smallest absolute Gasteiger partial charge is 0.407 e. The molecule has 3 aromatic carbocycles. The third-order valence-corrected chi connectivity index (χ3v) is 7.30. The second kappa shape index (κ2) is 16.8. The molecular weight excluding hydrogens is 608 g/mol. The highest BCUT2D eigenvalue weighted by Gasteiger charge is 2.28. The number of benzene rings is 3. The largest absolute Gasteiger partial charge is 0.494 e. The van der Waals surface area contributed by atoms with E-state index >= 15 is 0 Å². The minimum absolute atomic E-state index is 0.0696. The topological polar surface area (TPSA) is 152 Å². The first kappa shape index (κ1) is 36.1. The SMILES string of the molecule is CCOc1ccc(CC(NS(C)(=O)=O)C(=O)NC(Cc2ccccc2)C(=O)NCc2ccc(CNC(=O)OC(C)(C)C)cc2)cc1. The summed E-state index contributed by atoms with van der Waals surface area (Å²) in [5.41, 5.74) is 2.61. The van der Waals surface area contributed by atoms with Crippen LogP contribution in [-0.4, -0.2) is 56.9 Å². The molecule has 0 aliphatic heterocycles. The normalized spacial score (nSPS) is 12.8. The number of sulfonamides is 1. The predicted molar refractivity (Wildman–Crippen MR) is 177 cm³/mol. The van der Waals surface area contributed by atoms with E-state index in [-0.39, 0.29) is 25.9 Å². The summed E-state index contributed by atoms with van der Waals surface area (Å²) in [5, 5.41) is 8.36. The first-order valence-electron chi connectivity index (χ1n) is 15.1. The zero-order valence-electron chi connectivity index (χ0n) is 27.0. The van der Waals surface area contributed by atoms with Crippen molar-refractivity contribution in [2.24, 2.45) is 0 Å². The van der Waals surface area contributed by atoms with Gasteiger partial charge in [-0.3, -0.25) is 9.59 Å². The first-order valence-corrected chi connectivity index (χ1v) is 17.0. The Hall–Kier alpha value is -4.42. The summed E-state index contributed by atoms with van der Waals surface area (Å²) in [7, 11) is -3.75. The monoisotopic (exact) mass is 652 g/mol. The van der Waals surface area contributed by atoms with Gasteiger partial charge in [-0.2, -0.15) is 0 Å². The molecule has 0 radical (unpaired) electrons. The molecule has 248 valence electrons. The van der Waals surface area contributed by atoms with Gasteiger partial charge in [0.1, 0.15) is 23.4 Å². The quantitative estimate of drug-likeness (QED) is 0.196. The lowest BCUT2D eigenvalue weighted by atomic mass is 10.0. The van der Waals surface area contributed by atoms with Gasteiger partial charge in [0.25, 0.3) is 0 Å². The van der Waals surface area contributed by atoms with Crippen LogP contribution in [0, 0.1) is 0 Å². The second-order valence-electron chi connectivity index (χ2n) is 11.9. The Balaban J connectivity index is 1.68. The van der Waals surface area contributed by atoms with E-state index in [9.17, 15) is 22.8 Å². The van der Waals surface area contributed by atoms with E-state index in [0.29, 0.717) is 17.9 Å². The van der Waals surface area contributed by atoms with Gasteiger partial charge in [0.05, 0.1) is 12.9 Å². The maximum absolute atomic E-state index is 13.5. The lowest BCUT2D eigenvalue weighted by Crippen LogP contribution is -2.54. The van der Waals surface area contributed by atoms with Crippen LogP contribution in [0.15, 0.2) is 78.9 Å². The van der Waals surface area contributed by atoms with Crippen molar-refractivity contribution in [3.05, 3.63) is 101 Å². The third kappa shape index (κ3) is 13.3. The highest BCUT2D eigenvalue weighted by Crippen LogP contribution is 2.15. The standard InChI is InChI=1S/C34H44N4O7S/c1-6-44-28-18-16-25(17-19-28)21-30(38-46(5,42)43)32(40)37-29(20-24-10-8-7-9-11-24)31(39)35-22-26-12-14-27(15-13-26)23-36-33(41)45-34(2,3)4/h7-19,29-30,38H,6,20-23H2,1-5H3,(H,35,39)(H,36,41)(H,37,40). The molecule has 0 aliphatic rings. The fourth-order valence-electron chi connectivity index (χ4n) is 4.48. The van der Waals surface area contributed by atoms with Gasteiger partial charge in [0.2, 0.25) is 21.8 Å². The molecule has 3 amide bonds. The van der Waals surface area contributed by atoms with Crippen LogP contribution in [0.3, 0.4) is 0 Å². The number of ether oxygens (including phenoxy) is 2. The fourth-order valence-corrected chi connectivity index (χ4v) is 5.18. The van der Waals surface area contributed by atoms with Crippen molar-refractivity contribution < 1.29 is 32.3 Å². The molecule has 3 rings (SSSR count). The molecule has 2 unspecified atom stereocenters. The Bertz CT molecular complexity index is 1540. The zero-order valence-corrected chi connectivity index (χ0v) is 27.8. The summed E-state index contributed by atoms with van der Waals surface area (Å²) in [6.45, 7) is 8.23. The molecule has 3 aromatic rings. The van der Waals surface area contributed by atoms with Crippen molar-refractivity contribution in [2.45, 2.75) is 71.3 Å². The Morgan fingerprint density at radius 2 is 1.24 bits per heavy atom. The van der Waals surface area contributed by atoms with E-state index < -0.39 is 45.6 Å². The van der Waals surface area contributed by atoms with E-state index in [4.69, 9.17) is 9.47 Å². The average Bonchev–Trinajstić information content (AvgIpc) is 2.99. The number of hydrogen-bond acceptors (Lipinski definition) is 7. The average molecular weight is 653 g/mol. The van der Waals surface area contributed by atoms with E-state index in [2.05, 4.69) is 20.7 Å². The van der Waals surface area contributed by atoms with E-state index in [1.54, 1.807) is 45.0 Å². The maximum atomic E-state index is 13.5. The molecule has 2 atom stereocenters. The zero-order chi connectivity index (χ0) is 33.7. The summed E-state index contributed by atoms with van der Waals surface area (Å²) in [4.78, 5) is 38.9. The van der Waals surface area contributed by atoms with Gasteiger partial charge in [0.15, 0.2) is 0 Å². The van der Waals surface area contributed by atoms with Crippen LogP contribution in [0.1, 0.15) is 49.9 Å². The molecule has 11 nitrogen and oxygen atoms in total. The summed E-state index contributed by atoms with van der Waals surface area (Å²) < 4.78 is 37.5. The number of hydrogen-bond donors (Lipinski definition) is 4. The molecule has 0 saturated heterocycles. The molecule has 0 aromatic heterocycles. The summed E-state index contributed by atoms with van der Waals surface area (Å²) in [6, 6.07) is 21.5. The lowest BCUT2D eigenvalue weighted by molar-refractivity contribution is -0.129. The van der Waals surface area contributed by atoms with Crippen molar-refractivity contribution in [3.8, 4) is 5.75 Å². The van der Waals surface area contributed by atoms with Crippen molar-refractivity contribution in [1.29, 1.82) is 0 Å². The molecule has 4 N–H and O–H groups in total. The molecule has 0 spiro atoms. The van der Waals surface area contributed by atoms with Gasteiger partial charge >= 0.3 is 6.09 Å². The van der Waals surface area contributed by atoms with E-state index in [1.807, 2.05) is 61.5 Å². The van der Waals surface area contributed by atoms with Gasteiger partial charge in [-0.05, 0) is 68.5 Å². The Morgan fingerprint density at radius 1 is 0.717 bits per heavy atom. The molecular formula is C34H44N4O7S.